The molecule has 0 bridgehead atoms. The van der Waals surface area contributed by atoms with E-state index in [9.17, 15) is 9.59 Å². The molecule has 1 aromatic carbocycles. The number of halogens is 1. The second-order valence-electron chi connectivity index (χ2n) is 11.0. The minimum Gasteiger partial charge on any atom is -0.331 e. The normalized spacial score (nSPS) is 14.9. The molecule has 4 heterocycles. The number of aryl methyl sites for hydroxylation is 3. The molecule has 1 unspecified atom stereocenters. The van der Waals surface area contributed by atoms with Gasteiger partial charge in [0.2, 0.25) is 0 Å². The maximum atomic E-state index is 15.0. The van der Waals surface area contributed by atoms with Gasteiger partial charge >= 0.3 is 0 Å². The van der Waals surface area contributed by atoms with Gasteiger partial charge in [-0.1, -0.05) is 19.4 Å². The zero-order valence-electron chi connectivity index (χ0n) is 24.2. The monoisotopic (exact) mass is 540 g/mol. The number of carbonyl (C=O) groups is 1. The van der Waals surface area contributed by atoms with E-state index >= 15 is 4.39 Å². The number of carbonyl (C=O) groups excluding carboxylic acids is 1. The van der Waals surface area contributed by atoms with Crippen LogP contribution in [-0.2, 0) is 13.5 Å². The van der Waals surface area contributed by atoms with Crippen molar-refractivity contribution in [2.24, 2.45) is 7.05 Å². The van der Waals surface area contributed by atoms with E-state index in [1.807, 2.05) is 39.2 Å². The summed E-state index contributed by atoms with van der Waals surface area (Å²) in [5, 5.41) is 0.941. The van der Waals surface area contributed by atoms with E-state index < -0.39 is 0 Å². The van der Waals surface area contributed by atoms with Gasteiger partial charge in [0.15, 0.2) is 5.78 Å². The highest BCUT2D eigenvalue weighted by Gasteiger charge is 2.25. The van der Waals surface area contributed by atoms with Crippen LogP contribution >= 0.6 is 0 Å². The van der Waals surface area contributed by atoms with Gasteiger partial charge in [-0.25, -0.2) is 9.37 Å². The van der Waals surface area contributed by atoms with Crippen molar-refractivity contribution in [1.29, 1.82) is 0 Å². The zero-order chi connectivity index (χ0) is 28.7. The van der Waals surface area contributed by atoms with Crippen molar-refractivity contribution in [3.05, 3.63) is 98.5 Å². The number of rotatable bonds is 7. The van der Waals surface area contributed by atoms with Crippen molar-refractivity contribution < 1.29 is 9.18 Å². The molecule has 0 N–H and O–H groups in total. The lowest BCUT2D eigenvalue weighted by molar-refractivity contribution is 0.101. The highest BCUT2D eigenvalue weighted by molar-refractivity contribution is 5.94. The van der Waals surface area contributed by atoms with Crippen molar-refractivity contribution in [1.82, 2.24) is 19.0 Å². The summed E-state index contributed by atoms with van der Waals surface area (Å²) >= 11 is 0. The average Bonchev–Trinajstić information content (AvgIpc) is 3.27. The maximum absolute atomic E-state index is 15.0. The van der Waals surface area contributed by atoms with E-state index in [1.165, 1.54) is 13.0 Å². The summed E-state index contributed by atoms with van der Waals surface area (Å²) < 4.78 is 18.9. The Balaban J connectivity index is 1.46. The molecule has 4 aromatic rings. The Morgan fingerprint density at radius 2 is 1.93 bits per heavy atom. The van der Waals surface area contributed by atoms with Gasteiger partial charge in [0.05, 0.1) is 5.69 Å². The number of pyridine rings is 2. The molecule has 5 rings (SSSR count). The molecule has 0 amide bonds. The van der Waals surface area contributed by atoms with Gasteiger partial charge in [0.25, 0.3) is 5.56 Å². The summed E-state index contributed by atoms with van der Waals surface area (Å²) in [4.78, 5) is 32.2. The van der Waals surface area contributed by atoms with Gasteiger partial charge in [-0.15, -0.1) is 0 Å². The molecule has 0 fully saturated rings. The average molecular weight is 541 g/mol. The first kappa shape index (κ1) is 27.7. The number of fused-ring (bicyclic) bond motifs is 1. The first-order valence-electron chi connectivity index (χ1n) is 14.0. The van der Waals surface area contributed by atoms with Crippen molar-refractivity contribution in [2.45, 2.75) is 59.9 Å². The van der Waals surface area contributed by atoms with Gasteiger partial charge in [-0.2, -0.15) is 0 Å². The Labute approximate surface area is 234 Å². The number of Topliss-reactive ketones (excluding diaryl/α,β-unsaturated/α-hetero) is 1. The molecule has 0 saturated carbocycles. The number of benzene rings is 1. The maximum Gasteiger partial charge on any atom is 0.258 e. The predicted molar refractivity (Wildman–Crippen MR) is 159 cm³/mol. The van der Waals surface area contributed by atoms with E-state index in [1.54, 1.807) is 16.8 Å². The van der Waals surface area contributed by atoms with E-state index in [4.69, 9.17) is 0 Å². The summed E-state index contributed by atoms with van der Waals surface area (Å²) in [5.74, 6) is -0.467. The van der Waals surface area contributed by atoms with Crippen LogP contribution in [0.15, 0.2) is 53.6 Å². The minimum absolute atomic E-state index is 0.0281. The van der Waals surface area contributed by atoms with E-state index in [-0.39, 0.29) is 23.2 Å². The minimum atomic E-state index is -0.335. The van der Waals surface area contributed by atoms with Gasteiger partial charge < -0.3 is 4.57 Å². The number of hydrogen-bond acceptors (Lipinski definition) is 4. The number of nitrogens with zero attached hydrogens (tertiary/aromatic N) is 4. The second kappa shape index (κ2) is 11.0. The Morgan fingerprint density at radius 1 is 1.15 bits per heavy atom. The fraction of sp³-hybridized carbons (Fsp3) is 0.364. The van der Waals surface area contributed by atoms with Crippen LogP contribution in [0.3, 0.4) is 0 Å². The molecule has 0 spiro atoms. The molecule has 7 heteroatoms. The van der Waals surface area contributed by atoms with E-state index in [2.05, 4.69) is 40.4 Å². The highest BCUT2D eigenvalue weighted by Crippen LogP contribution is 2.34. The number of ketones is 1. The first-order valence-corrected chi connectivity index (χ1v) is 14.0. The molecule has 0 saturated heterocycles. The van der Waals surface area contributed by atoms with Gasteiger partial charge in [-0.3, -0.25) is 19.1 Å². The zero-order valence-corrected chi connectivity index (χ0v) is 24.2. The molecule has 3 aromatic heterocycles. The van der Waals surface area contributed by atoms with Crippen molar-refractivity contribution in [2.75, 3.05) is 13.1 Å². The molecule has 1 aliphatic heterocycles. The lowest BCUT2D eigenvalue weighted by atomic mass is 9.92. The lowest BCUT2D eigenvalue weighted by Crippen LogP contribution is -2.32. The largest absolute Gasteiger partial charge is 0.331 e. The van der Waals surface area contributed by atoms with E-state index in [0.717, 1.165) is 64.1 Å². The Morgan fingerprint density at radius 3 is 2.58 bits per heavy atom. The van der Waals surface area contributed by atoms with Crippen LogP contribution < -0.4 is 5.56 Å². The molecule has 6 nitrogen and oxygen atoms in total. The van der Waals surface area contributed by atoms with Crippen LogP contribution in [-0.4, -0.2) is 37.9 Å². The fourth-order valence-electron chi connectivity index (χ4n) is 6.05. The molecule has 40 heavy (non-hydrogen) atoms. The molecule has 208 valence electrons. The summed E-state index contributed by atoms with van der Waals surface area (Å²) in [6.07, 6.45) is 8.12. The number of hydrogen-bond donors (Lipinski definition) is 0. The Hall–Kier alpha value is -3.84. The van der Waals surface area contributed by atoms with Crippen LogP contribution in [0.4, 0.5) is 4.39 Å². The summed E-state index contributed by atoms with van der Waals surface area (Å²) in [7, 11) is 2.02. The van der Waals surface area contributed by atoms with Gasteiger partial charge in [0.1, 0.15) is 11.5 Å². The third kappa shape index (κ3) is 4.83. The SMILES string of the molecule is CCCc1c(C)ccn(-c2ccnc3c2cc(C(C)N2CC=C(c4c(C)cc(C(C)=O)cc4F)CC2)n3C)c1=O. The molecule has 0 aliphatic carbocycles. The molecule has 0 radical (unpaired) electrons. The van der Waals surface area contributed by atoms with Gasteiger partial charge in [0, 0.05) is 66.3 Å². The quantitative estimate of drug-likeness (QED) is 0.252. The summed E-state index contributed by atoms with van der Waals surface area (Å²) in [6, 6.07) is 9.29. The third-order valence-electron chi connectivity index (χ3n) is 8.36. The predicted octanol–water partition coefficient (Wildman–Crippen LogP) is 6.49. The highest BCUT2D eigenvalue weighted by atomic mass is 19.1. The van der Waals surface area contributed by atoms with Crippen LogP contribution in [0.2, 0.25) is 0 Å². The molecular weight excluding hydrogens is 503 g/mol. The summed E-state index contributed by atoms with van der Waals surface area (Å²) in [6.45, 7) is 11.1. The van der Waals surface area contributed by atoms with Crippen molar-refractivity contribution >= 4 is 22.4 Å². The Kier molecular flexibility index (Phi) is 7.60. The van der Waals surface area contributed by atoms with Gasteiger partial charge in [-0.05, 0) is 87.6 Å². The van der Waals surface area contributed by atoms with Crippen molar-refractivity contribution in [3.63, 3.8) is 0 Å². The van der Waals surface area contributed by atoms with Crippen LogP contribution in [0.1, 0.15) is 78.0 Å². The topological polar surface area (TPSA) is 60.1 Å². The van der Waals surface area contributed by atoms with Crippen molar-refractivity contribution in [3.8, 4) is 5.69 Å². The standard InChI is InChI=1S/C33H37FN4O2/c1-7-8-26-20(2)10-16-38(33(26)40)29-9-13-35-32-27(29)19-30(36(32)6)22(4)37-14-11-24(12-15-37)31-21(3)17-25(23(5)39)18-28(31)34/h9-11,13,16-19,22H,7-8,12,14-15H2,1-6H3. The lowest BCUT2D eigenvalue weighted by Gasteiger charge is -2.32. The fourth-order valence-corrected chi connectivity index (χ4v) is 6.05. The first-order chi connectivity index (χ1) is 19.1. The molecule has 1 aliphatic rings. The molecular formula is C33H37FN4O2. The van der Waals surface area contributed by atoms with Crippen LogP contribution in [0, 0.1) is 19.7 Å². The third-order valence-corrected chi connectivity index (χ3v) is 8.36. The second-order valence-corrected chi connectivity index (χ2v) is 11.0. The smallest absolute Gasteiger partial charge is 0.258 e. The van der Waals surface area contributed by atoms with Crippen LogP contribution in [0.25, 0.3) is 22.3 Å². The van der Waals surface area contributed by atoms with E-state index in [0.29, 0.717) is 24.1 Å². The van der Waals surface area contributed by atoms with Crippen LogP contribution in [0.5, 0.6) is 0 Å². The summed E-state index contributed by atoms with van der Waals surface area (Å²) in [5.41, 5.74) is 7.48. The molecule has 1 atom stereocenters. The Bertz CT molecular complexity index is 1690. The number of aromatic nitrogens is 3.